The highest BCUT2D eigenvalue weighted by Gasteiger charge is 2.39. The van der Waals surface area contributed by atoms with Crippen molar-refractivity contribution in [3.05, 3.63) is 47.2 Å². The van der Waals surface area contributed by atoms with Crippen LogP contribution in [0, 0.1) is 0 Å². The van der Waals surface area contributed by atoms with Crippen LogP contribution >= 0.6 is 11.6 Å². The van der Waals surface area contributed by atoms with Crippen LogP contribution in [0.1, 0.15) is 30.7 Å². The van der Waals surface area contributed by atoms with Crippen molar-refractivity contribution in [3.63, 3.8) is 0 Å². The fourth-order valence-corrected chi connectivity index (χ4v) is 3.98. The minimum Gasteiger partial charge on any atom is -0.399 e. The Kier molecular flexibility index (Phi) is 3.12. The molecule has 21 heavy (non-hydrogen) atoms. The average molecular weight is 300 g/mol. The quantitative estimate of drug-likeness (QED) is 0.658. The molecule has 0 aliphatic carbocycles. The molecule has 4 heteroatoms. The summed E-state index contributed by atoms with van der Waals surface area (Å²) in [6, 6.07) is 11.3. The largest absolute Gasteiger partial charge is 0.399 e. The average Bonchev–Trinajstić information content (AvgIpc) is 3.10. The zero-order chi connectivity index (χ0) is 14.4. The summed E-state index contributed by atoms with van der Waals surface area (Å²) in [5, 5.41) is 4.22. The number of fused-ring (bicyclic) bond motifs is 2. The first kappa shape index (κ1) is 13.1. The van der Waals surface area contributed by atoms with Crippen molar-refractivity contribution in [3.8, 4) is 11.1 Å². The third kappa shape index (κ3) is 2.30. The predicted molar refractivity (Wildman–Crippen MR) is 86.4 cm³/mol. The van der Waals surface area contributed by atoms with Crippen molar-refractivity contribution in [2.75, 3.05) is 5.73 Å². The van der Waals surface area contributed by atoms with E-state index in [4.69, 9.17) is 17.3 Å². The Labute approximate surface area is 129 Å². The number of pyridine rings is 1. The van der Waals surface area contributed by atoms with Gasteiger partial charge in [-0.2, -0.15) is 0 Å². The molecule has 2 aliphatic rings. The normalized spacial score (nSPS) is 27.2. The zero-order valence-electron chi connectivity index (χ0n) is 11.7. The van der Waals surface area contributed by atoms with E-state index >= 15 is 0 Å². The molecule has 2 fully saturated rings. The van der Waals surface area contributed by atoms with Crippen LogP contribution in [-0.2, 0) is 0 Å². The SMILES string of the molecule is Nc1cccc(-c2cc(C3CC4CCC3N4)cnc2Cl)c1. The van der Waals surface area contributed by atoms with Gasteiger partial charge in [-0.25, -0.2) is 4.98 Å². The van der Waals surface area contributed by atoms with Crippen LogP contribution < -0.4 is 11.1 Å². The molecular weight excluding hydrogens is 282 g/mol. The van der Waals surface area contributed by atoms with E-state index in [0.717, 1.165) is 16.8 Å². The Balaban J connectivity index is 1.73. The Morgan fingerprint density at radius 3 is 2.86 bits per heavy atom. The molecule has 0 amide bonds. The molecule has 3 unspecified atom stereocenters. The van der Waals surface area contributed by atoms with Crippen molar-refractivity contribution in [2.24, 2.45) is 0 Å². The van der Waals surface area contributed by atoms with E-state index in [1.807, 2.05) is 30.5 Å². The number of rotatable bonds is 2. The van der Waals surface area contributed by atoms with Crippen LogP contribution in [0.5, 0.6) is 0 Å². The Morgan fingerprint density at radius 2 is 2.14 bits per heavy atom. The van der Waals surface area contributed by atoms with E-state index < -0.39 is 0 Å². The lowest BCUT2D eigenvalue weighted by Crippen LogP contribution is -2.21. The van der Waals surface area contributed by atoms with Crippen molar-refractivity contribution < 1.29 is 0 Å². The lowest BCUT2D eigenvalue weighted by atomic mass is 9.84. The van der Waals surface area contributed by atoms with Crippen LogP contribution in [0.3, 0.4) is 0 Å². The fourth-order valence-electron chi connectivity index (χ4n) is 3.77. The lowest BCUT2D eigenvalue weighted by molar-refractivity contribution is 0.505. The number of nitrogens with two attached hydrogens (primary N) is 1. The molecule has 0 saturated carbocycles. The highest BCUT2D eigenvalue weighted by Crippen LogP contribution is 2.41. The third-order valence-electron chi connectivity index (χ3n) is 4.79. The van der Waals surface area contributed by atoms with Gasteiger partial charge in [-0.05, 0) is 48.6 Å². The molecule has 0 spiro atoms. The molecule has 108 valence electrons. The first-order valence-corrected chi connectivity index (χ1v) is 7.86. The molecule has 2 saturated heterocycles. The molecule has 3 N–H and O–H groups in total. The minimum atomic E-state index is 0.542. The zero-order valence-corrected chi connectivity index (χ0v) is 12.5. The summed E-state index contributed by atoms with van der Waals surface area (Å²) in [5.74, 6) is 0.563. The van der Waals surface area contributed by atoms with E-state index in [0.29, 0.717) is 23.2 Å². The highest BCUT2D eigenvalue weighted by molar-refractivity contribution is 6.32. The number of halogens is 1. The smallest absolute Gasteiger partial charge is 0.136 e. The van der Waals surface area contributed by atoms with Gasteiger partial charge in [-0.15, -0.1) is 0 Å². The highest BCUT2D eigenvalue weighted by atomic mass is 35.5. The second-order valence-electron chi connectivity index (χ2n) is 6.12. The summed E-state index contributed by atoms with van der Waals surface area (Å²) >= 11 is 6.30. The number of nitrogens with zero attached hydrogens (tertiary/aromatic N) is 1. The number of aromatic nitrogens is 1. The molecule has 3 heterocycles. The summed E-state index contributed by atoms with van der Waals surface area (Å²) in [4.78, 5) is 4.41. The summed E-state index contributed by atoms with van der Waals surface area (Å²) in [5.41, 5.74) is 9.93. The molecule has 2 aliphatic heterocycles. The molecule has 0 radical (unpaired) electrons. The number of hydrogen-bond donors (Lipinski definition) is 2. The molecular formula is C17H18ClN3. The first-order chi connectivity index (χ1) is 10.2. The van der Waals surface area contributed by atoms with Gasteiger partial charge in [0, 0.05) is 35.4 Å². The van der Waals surface area contributed by atoms with Crippen molar-refractivity contribution in [2.45, 2.75) is 37.3 Å². The van der Waals surface area contributed by atoms with Crippen molar-refractivity contribution in [1.29, 1.82) is 0 Å². The van der Waals surface area contributed by atoms with E-state index in [-0.39, 0.29) is 0 Å². The number of anilines is 1. The minimum absolute atomic E-state index is 0.542. The molecule has 3 nitrogen and oxygen atoms in total. The molecule has 1 aromatic heterocycles. The van der Waals surface area contributed by atoms with Gasteiger partial charge in [0.1, 0.15) is 5.15 Å². The predicted octanol–water partition coefficient (Wildman–Crippen LogP) is 3.59. The molecule has 3 atom stereocenters. The monoisotopic (exact) mass is 299 g/mol. The van der Waals surface area contributed by atoms with Crippen LogP contribution in [0.2, 0.25) is 5.15 Å². The van der Waals surface area contributed by atoms with E-state index in [2.05, 4.69) is 16.4 Å². The van der Waals surface area contributed by atoms with Crippen molar-refractivity contribution in [1.82, 2.24) is 10.3 Å². The van der Waals surface area contributed by atoms with Gasteiger partial charge in [0.25, 0.3) is 0 Å². The van der Waals surface area contributed by atoms with Crippen LogP contribution in [0.4, 0.5) is 5.69 Å². The second kappa shape index (κ2) is 5.00. The molecule has 1 aromatic carbocycles. The summed E-state index contributed by atoms with van der Waals surface area (Å²) < 4.78 is 0. The van der Waals surface area contributed by atoms with Gasteiger partial charge in [-0.3, -0.25) is 0 Å². The summed E-state index contributed by atoms with van der Waals surface area (Å²) in [7, 11) is 0. The van der Waals surface area contributed by atoms with E-state index in [1.165, 1.54) is 24.8 Å². The van der Waals surface area contributed by atoms with Gasteiger partial charge in [-0.1, -0.05) is 23.7 Å². The first-order valence-electron chi connectivity index (χ1n) is 7.48. The molecule has 4 rings (SSSR count). The van der Waals surface area contributed by atoms with Gasteiger partial charge in [0.2, 0.25) is 0 Å². The lowest BCUT2D eigenvalue weighted by Gasteiger charge is -2.21. The second-order valence-corrected chi connectivity index (χ2v) is 6.48. The van der Waals surface area contributed by atoms with Gasteiger partial charge >= 0.3 is 0 Å². The standard InChI is InChI=1S/C17H18ClN3/c18-17-15(10-2-1-3-12(19)6-10)7-11(9-20-17)14-8-13-4-5-16(14)21-13/h1-3,6-7,9,13-14,16,21H,4-5,8,19H2. The maximum absolute atomic E-state index is 6.30. The summed E-state index contributed by atoms with van der Waals surface area (Å²) in [6.45, 7) is 0. The third-order valence-corrected chi connectivity index (χ3v) is 5.09. The Bertz CT molecular complexity index is 685. The maximum Gasteiger partial charge on any atom is 0.136 e. The number of nitrogens with one attached hydrogen (secondary N) is 1. The van der Waals surface area contributed by atoms with Crippen molar-refractivity contribution >= 4 is 17.3 Å². The van der Waals surface area contributed by atoms with Gasteiger partial charge in [0.15, 0.2) is 0 Å². The molecule has 2 bridgehead atoms. The topological polar surface area (TPSA) is 50.9 Å². The Hall–Kier alpha value is -1.58. The van der Waals surface area contributed by atoms with E-state index in [9.17, 15) is 0 Å². The molecule has 2 aromatic rings. The van der Waals surface area contributed by atoms with Gasteiger partial charge < -0.3 is 11.1 Å². The fraction of sp³-hybridized carbons (Fsp3) is 0.353. The van der Waals surface area contributed by atoms with Crippen LogP contribution in [-0.4, -0.2) is 17.1 Å². The number of hydrogen-bond acceptors (Lipinski definition) is 3. The van der Waals surface area contributed by atoms with E-state index in [1.54, 1.807) is 0 Å². The maximum atomic E-state index is 6.30. The van der Waals surface area contributed by atoms with Gasteiger partial charge in [0.05, 0.1) is 0 Å². The Morgan fingerprint density at radius 1 is 1.24 bits per heavy atom. The van der Waals surface area contributed by atoms with Crippen LogP contribution in [0.15, 0.2) is 36.5 Å². The van der Waals surface area contributed by atoms with Crippen LogP contribution in [0.25, 0.3) is 11.1 Å². The number of nitrogen functional groups attached to an aromatic ring is 1. The number of benzene rings is 1. The summed E-state index contributed by atoms with van der Waals surface area (Å²) in [6.07, 6.45) is 5.73.